The summed E-state index contributed by atoms with van der Waals surface area (Å²) in [6.45, 7) is 2.66. The van der Waals surface area contributed by atoms with Gasteiger partial charge in [-0.05, 0) is 48.2 Å². The fourth-order valence-corrected chi connectivity index (χ4v) is 3.85. The van der Waals surface area contributed by atoms with Crippen molar-refractivity contribution in [1.82, 2.24) is 4.98 Å². The van der Waals surface area contributed by atoms with Crippen LogP contribution in [0, 0.1) is 6.92 Å². The summed E-state index contributed by atoms with van der Waals surface area (Å²) in [4.78, 5) is 20.1. The second-order valence-electron chi connectivity index (χ2n) is 7.11. The molecule has 0 aliphatic carbocycles. The van der Waals surface area contributed by atoms with Crippen molar-refractivity contribution in [2.45, 2.75) is 19.9 Å². The number of nitrogens with one attached hydrogen (secondary N) is 1. The predicted octanol–water partition coefficient (Wildman–Crippen LogP) is 5.53. The third-order valence-corrected chi connectivity index (χ3v) is 5.66. The molecular formula is C24H23N3O2S. The molecule has 2 heterocycles. The number of hydrogen-bond donors (Lipinski definition) is 1. The van der Waals surface area contributed by atoms with E-state index in [1.807, 2.05) is 66.9 Å². The summed E-state index contributed by atoms with van der Waals surface area (Å²) in [5.41, 5.74) is 3.76. The van der Waals surface area contributed by atoms with E-state index in [0.29, 0.717) is 17.3 Å². The van der Waals surface area contributed by atoms with Crippen molar-refractivity contribution in [3.05, 3.63) is 89.1 Å². The lowest BCUT2D eigenvalue weighted by molar-refractivity contribution is -0.115. The largest absolute Gasteiger partial charge is 0.440 e. The van der Waals surface area contributed by atoms with Crippen molar-refractivity contribution in [3.63, 3.8) is 0 Å². The molecule has 0 unspecified atom stereocenters. The Kier molecular flexibility index (Phi) is 5.95. The highest BCUT2D eigenvalue weighted by Gasteiger charge is 2.15. The average molecular weight is 418 g/mol. The first-order valence-electron chi connectivity index (χ1n) is 9.73. The predicted molar refractivity (Wildman–Crippen MR) is 122 cm³/mol. The standard InChI is InChI=1S/C24H23N3O2S/c1-17-21(26-24(29-17)22-9-6-14-30-22)15-23(28)25-19-10-12-20(13-11-19)27(2)16-18-7-4-3-5-8-18/h3-14H,15-16H2,1-2H3,(H,25,28). The van der Waals surface area contributed by atoms with Crippen LogP contribution in [-0.4, -0.2) is 17.9 Å². The molecule has 0 bridgehead atoms. The Balaban J connectivity index is 1.36. The zero-order valence-corrected chi connectivity index (χ0v) is 17.8. The van der Waals surface area contributed by atoms with E-state index in [1.165, 1.54) is 5.56 Å². The molecule has 6 heteroatoms. The lowest BCUT2D eigenvalue weighted by atomic mass is 10.2. The summed E-state index contributed by atoms with van der Waals surface area (Å²) in [6.07, 6.45) is 0.177. The lowest BCUT2D eigenvalue weighted by Crippen LogP contribution is -2.17. The van der Waals surface area contributed by atoms with E-state index >= 15 is 0 Å². The maximum Gasteiger partial charge on any atom is 0.236 e. The lowest BCUT2D eigenvalue weighted by Gasteiger charge is -2.19. The summed E-state index contributed by atoms with van der Waals surface area (Å²) in [7, 11) is 2.05. The molecule has 2 aromatic heterocycles. The Labute approximate surface area is 180 Å². The topological polar surface area (TPSA) is 58.4 Å². The van der Waals surface area contributed by atoms with Gasteiger partial charge in [0.1, 0.15) is 5.76 Å². The second kappa shape index (κ2) is 8.97. The molecule has 2 aromatic carbocycles. The molecular weight excluding hydrogens is 394 g/mol. The van der Waals surface area contributed by atoms with E-state index in [2.05, 4.69) is 34.4 Å². The van der Waals surface area contributed by atoms with Crippen molar-refractivity contribution >= 4 is 28.6 Å². The second-order valence-corrected chi connectivity index (χ2v) is 8.06. The first-order chi connectivity index (χ1) is 14.6. The van der Waals surface area contributed by atoms with Crippen LogP contribution in [0.15, 0.2) is 76.5 Å². The monoisotopic (exact) mass is 417 g/mol. The van der Waals surface area contributed by atoms with Crippen LogP contribution in [0.3, 0.4) is 0 Å². The van der Waals surface area contributed by atoms with Crippen LogP contribution in [0.1, 0.15) is 17.0 Å². The average Bonchev–Trinajstić information content (AvgIpc) is 3.40. The number of amides is 1. The van der Waals surface area contributed by atoms with Gasteiger partial charge in [-0.3, -0.25) is 4.79 Å². The molecule has 0 aliphatic rings. The minimum absolute atomic E-state index is 0.116. The Morgan fingerprint density at radius 3 is 2.53 bits per heavy atom. The number of oxazole rings is 1. The van der Waals surface area contributed by atoms with E-state index in [4.69, 9.17) is 4.42 Å². The SMILES string of the molecule is Cc1oc(-c2cccs2)nc1CC(=O)Nc1ccc(N(C)Cc2ccccc2)cc1. The van der Waals surface area contributed by atoms with Gasteiger partial charge in [0.05, 0.1) is 17.0 Å². The van der Waals surface area contributed by atoms with Crippen molar-refractivity contribution in [2.75, 3.05) is 17.3 Å². The number of hydrogen-bond acceptors (Lipinski definition) is 5. The van der Waals surface area contributed by atoms with Gasteiger partial charge in [0.2, 0.25) is 11.8 Å². The summed E-state index contributed by atoms with van der Waals surface area (Å²) in [6, 6.07) is 22.1. The normalized spacial score (nSPS) is 10.7. The summed E-state index contributed by atoms with van der Waals surface area (Å²) < 4.78 is 5.71. The van der Waals surface area contributed by atoms with E-state index in [0.717, 1.165) is 22.8 Å². The van der Waals surface area contributed by atoms with Crippen LogP contribution in [0.2, 0.25) is 0 Å². The molecule has 0 saturated carbocycles. The number of anilines is 2. The van der Waals surface area contributed by atoms with Crippen LogP contribution in [0.5, 0.6) is 0 Å². The Hall–Kier alpha value is -3.38. The molecule has 1 amide bonds. The highest BCUT2D eigenvalue weighted by Crippen LogP contribution is 2.26. The Bertz CT molecular complexity index is 1100. The molecule has 0 saturated heterocycles. The van der Waals surface area contributed by atoms with Crippen molar-refractivity contribution in [1.29, 1.82) is 0 Å². The van der Waals surface area contributed by atoms with Gasteiger partial charge in [-0.2, -0.15) is 0 Å². The molecule has 1 N–H and O–H groups in total. The smallest absolute Gasteiger partial charge is 0.236 e. The maximum absolute atomic E-state index is 12.5. The van der Waals surface area contributed by atoms with E-state index in [-0.39, 0.29) is 12.3 Å². The number of benzene rings is 2. The number of rotatable bonds is 7. The van der Waals surface area contributed by atoms with Crippen molar-refractivity contribution < 1.29 is 9.21 Å². The quantitative estimate of drug-likeness (QED) is 0.430. The van der Waals surface area contributed by atoms with E-state index in [9.17, 15) is 4.79 Å². The van der Waals surface area contributed by atoms with Crippen molar-refractivity contribution in [3.8, 4) is 10.8 Å². The third kappa shape index (κ3) is 4.78. The molecule has 0 aliphatic heterocycles. The first kappa shape index (κ1) is 19.9. The maximum atomic E-state index is 12.5. The Morgan fingerprint density at radius 2 is 1.83 bits per heavy atom. The van der Waals surface area contributed by atoms with Crippen LogP contribution >= 0.6 is 11.3 Å². The minimum Gasteiger partial charge on any atom is -0.440 e. The molecule has 0 radical (unpaired) electrons. The Morgan fingerprint density at radius 1 is 1.07 bits per heavy atom. The fraction of sp³-hybridized carbons (Fsp3) is 0.167. The summed E-state index contributed by atoms with van der Waals surface area (Å²) in [5.74, 6) is 1.12. The first-order valence-corrected chi connectivity index (χ1v) is 10.6. The zero-order chi connectivity index (χ0) is 20.9. The van der Waals surface area contributed by atoms with Gasteiger partial charge in [0.15, 0.2) is 0 Å². The van der Waals surface area contributed by atoms with Gasteiger partial charge in [-0.15, -0.1) is 11.3 Å². The highest BCUT2D eigenvalue weighted by atomic mass is 32.1. The molecule has 0 atom stereocenters. The van der Waals surface area contributed by atoms with Gasteiger partial charge < -0.3 is 14.6 Å². The molecule has 30 heavy (non-hydrogen) atoms. The molecule has 0 spiro atoms. The minimum atomic E-state index is -0.116. The fourth-order valence-electron chi connectivity index (χ4n) is 3.20. The molecule has 152 valence electrons. The van der Waals surface area contributed by atoms with Gasteiger partial charge in [0, 0.05) is 25.0 Å². The van der Waals surface area contributed by atoms with E-state index in [1.54, 1.807) is 11.3 Å². The van der Waals surface area contributed by atoms with Gasteiger partial charge >= 0.3 is 0 Å². The van der Waals surface area contributed by atoms with Gasteiger partial charge in [0.25, 0.3) is 0 Å². The molecule has 5 nitrogen and oxygen atoms in total. The molecule has 4 rings (SSSR count). The summed E-state index contributed by atoms with van der Waals surface area (Å²) >= 11 is 1.56. The van der Waals surface area contributed by atoms with Crippen LogP contribution in [0.4, 0.5) is 11.4 Å². The number of nitrogens with zero attached hydrogens (tertiary/aromatic N) is 2. The number of carbonyl (C=O) groups is 1. The van der Waals surface area contributed by atoms with Crippen LogP contribution in [-0.2, 0) is 17.8 Å². The number of carbonyl (C=O) groups excluding carboxylic acids is 1. The van der Waals surface area contributed by atoms with E-state index < -0.39 is 0 Å². The van der Waals surface area contributed by atoms with Crippen molar-refractivity contribution in [2.24, 2.45) is 0 Å². The molecule has 4 aromatic rings. The van der Waals surface area contributed by atoms with Gasteiger partial charge in [-0.1, -0.05) is 36.4 Å². The number of aromatic nitrogens is 1. The van der Waals surface area contributed by atoms with Crippen LogP contribution in [0.25, 0.3) is 10.8 Å². The zero-order valence-electron chi connectivity index (χ0n) is 17.0. The molecule has 0 fully saturated rings. The van der Waals surface area contributed by atoms with Crippen LogP contribution < -0.4 is 10.2 Å². The highest BCUT2D eigenvalue weighted by molar-refractivity contribution is 7.13. The van der Waals surface area contributed by atoms with Gasteiger partial charge in [-0.25, -0.2) is 4.98 Å². The summed E-state index contributed by atoms with van der Waals surface area (Å²) in [5, 5.41) is 4.92. The number of aryl methyl sites for hydroxylation is 1. The number of thiophene rings is 1. The third-order valence-electron chi connectivity index (χ3n) is 4.81.